The lowest BCUT2D eigenvalue weighted by Gasteiger charge is -2.40. The average molecular weight is 769 g/mol. The number of aromatic hydroxyl groups is 2. The number of aliphatic hydroxyl groups is 2. The summed E-state index contributed by atoms with van der Waals surface area (Å²) in [6, 6.07) is 16.7. The van der Waals surface area contributed by atoms with Crippen LogP contribution in [-0.4, -0.2) is 52.3 Å². The van der Waals surface area contributed by atoms with Crippen molar-refractivity contribution in [3.8, 4) is 45.3 Å². The predicted octanol–water partition coefficient (Wildman–Crippen LogP) is 11.7. The molecule has 2 aliphatic carbocycles. The van der Waals surface area contributed by atoms with Gasteiger partial charge in [0.2, 0.25) is 6.79 Å². The Morgan fingerprint density at radius 2 is 1.33 bits per heavy atom. The van der Waals surface area contributed by atoms with Crippen molar-refractivity contribution in [2.75, 3.05) is 26.9 Å². The second kappa shape index (κ2) is 22.5. The molecule has 0 radical (unpaired) electrons. The van der Waals surface area contributed by atoms with E-state index < -0.39 is 0 Å². The first-order valence-electron chi connectivity index (χ1n) is 15.4. The summed E-state index contributed by atoms with van der Waals surface area (Å²) in [6.07, 6.45) is 3.75. The number of ether oxygens (including phenoxy) is 2. The molecule has 4 aromatic carbocycles. The molecule has 55 heavy (non-hydrogen) atoms. The minimum Gasteiger partial charge on any atom is -0.508 e. The van der Waals surface area contributed by atoms with Gasteiger partial charge in [0.25, 0.3) is 0 Å². The Morgan fingerprint density at radius 1 is 0.673 bits per heavy atom. The first kappa shape index (κ1) is 57.6. The second-order valence-electron chi connectivity index (χ2n) is 12.4. The molecule has 5 N–H and O–H groups in total. The summed E-state index contributed by atoms with van der Waals surface area (Å²) in [6.45, 7) is 1.78. The third kappa shape index (κ3) is 9.15. The van der Waals surface area contributed by atoms with Crippen LogP contribution in [0, 0.1) is 0 Å². The summed E-state index contributed by atoms with van der Waals surface area (Å²) in [5.41, 5.74) is 12.8. The molecule has 0 bridgehead atoms. The number of phenols is 2. The fourth-order valence-electron chi connectivity index (χ4n) is 7.98. The summed E-state index contributed by atoms with van der Waals surface area (Å²) >= 11 is 0. The lowest BCUT2D eigenvalue weighted by atomic mass is 9.74. The Balaban J connectivity index is -0.000000397. The standard InChI is InChI=1S/C19H21NO4.C17H15NO2.11CH4/c1-20-3-2-10-6-17(24)14(9-22)19-13-4-12(8-21)16(23)7-11(13)5-15(20)18(10)19;1-2-4-12-10(3-1)7-13-15-11(5-6-18-13)8-14-17(16(12)15)20-9-19-14;;;;;;;;;;;/h4,6-7,15,21-24H,2-3,5,8-9H2,1H3;1-4,8,13,18H,5-7,9H2;11*1H4/t15-;13-;;;;;;;;;;;/m11.........../s1. The van der Waals surface area contributed by atoms with Crippen LogP contribution < -0.4 is 14.8 Å². The predicted molar refractivity (Wildman–Crippen MR) is 240 cm³/mol. The van der Waals surface area contributed by atoms with Gasteiger partial charge in [-0.1, -0.05) is 106 Å². The van der Waals surface area contributed by atoms with Crippen molar-refractivity contribution in [2.45, 2.75) is 133 Å². The molecule has 0 amide bonds. The van der Waals surface area contributed by atoms with E-state index in [4.69, 9.17) is 9.47 Å². The number of hydrogen-bond acceptors (Lipinski definition) is 8. The molecule has 0 saturated heterocycles. The van der Waals surface area contributed by atoms with Crippen LogP contribution in [0.15, 0.2) is 48.5 Å². The number of rotatable bonds is 2. The highest BCUT2D eigenvalue weighted by Crippen LogP contribution is 2.52. The number of fused-ring (bicyclic) bond motifs is 6. The molecule has 5 aliphatic rings. The number of hydrogen-bond donors (Lipinski definition) is 5. The van der Waals surface area contributed by atoms with E-state index in [0.29, 0.717) is 24.0 Å². The van der Waals surface area contributed by atoms with Gasteiger partial charge in [-0.2, -0.15) is 0 Å². The normalized spacial score (nSPS) is 16.1. The van der Waals surface area contributed by atoms with Crippen molar-refractivity contribution in [1.29, 1.82) is 0 Å². The molecule has 8 nitrogen and oxygen atoms in total. The van der Waals surface area contributed by atoms with Crippen LogP contribution in [0.3, 0.4) is 0 Å². The molecular weight excluding hydrogens is 689 g/mol. The SMILES string of the molecule is C.C.C.C.C.C.C.C.C.C.C.CN1CCc2cc(O)c(CO)c3c2[C@H]1Cc1cc(O)c(CO)cc1-3.c1ccc2c(c1)C[C@H]1NCCc3cc4c(c-2c31)OCO4. The maximum absolute atomic E-state index is 10.4. The zero-order valence-corrected chi connectivity index (χ0v) is 24.7. The van der Waals surface area contributed by atoms with E-state index in [0.717, 1.165) is 78.1 Å². The Morgan fingerprint density at radius 3 is 2.00 bits per heavy atom. The van der Waals surface area contributed by atoms with Gasteiger partial charge in [0.05, 0.1) is 13.2 Å². The molecule has 8 heteroatoms. The Hall–Kier alpha value is -4.08. The molecule has 9 rings (SSSR count). The third-order valence-corrected chi connectivity index (χ3v) is 10.1. The minimum atomic E-state index is -0.252. The fraction of sp³-hybridized carbons (Fsp3) is 0.489. The molecule has 0 spiro atoms. The molecule has 4 aromatic rings. The molecule has 0 aromatic heterocycles. The fourth-order valence-corrected chi connectivity index (χ4v) is 7.98. The van der Waals surface area contributed by atoms with Crippen LogP contribution in [0.5, 0.6) is 23.0 Å². The lowest BCUT2D eigenvalue weighted by Crippen LogP contribution is -2.36. The average Bonchev–Trinajstić information content (AvgIpc) is 3.51. The van der Waals surface area contributed by atoms with E-state index in [-0.39, 0.29) is 112 Å². The quantitative estimate of drug-likeness (QED) is 0.137. The number of benzene rings is 4. The van der Waals surface area contributed by atoms with Crippen LogP contribution in [0.1, 0.15) is 138 Å². The Labute approximate surface area is 337 Å². The van der Waals surface area contributed by atoms with Crippen molar-refractivity contribution in [1.82, 2.24) is 10.2 Å². The van der Waals surface area contributed by atoms with E-state index in [9.17, 15) is 20.4 Å². The zero-order chi connectivity index (χ0) is 30.1. The van der Waals surface area contributed by atoms with Gasteiger partial charge < -0.3 is 35.2 Å². The van der Waals surface area contributed by atoms with Gasteiger partial charge in [0.1, 0.15) is 11.5 Å². The summed E-state index contributed by atoms with van der Waals surface area (Å²) in [4.78, 5) is 2.28. The topological polar surface area (TPSA) is 115 Å². The Bertz CT molecular complexity index is 1820. The summed E-state index contributed by atoms with van der Waals surface area (Å²) in [7, 11) is 2.08. The van der Waals surface area contributed by atoms with Crippen LogP contribution in [0.2, 0.25) is 0 Å². The van der Waals surface area contributed by atoms with E-state index in [1.54, 1.807) is 18.2 Å². The van der Waals surface area contributed by atoms with Crippen molar-refractivity contribution >= 4 is 0 Å². The lowest BCUT2D eigenvalue weighted by molar-refractivity contribution is 0.174. The first-order chi connectivity index (χ1) is 21.5. The zero-order valence-electron chi connectivity index (χ0n) is 24.7. The number of nitrogens with zero attached hydrogens (tertiary/aromatic N) is 1. The number of aliphatic hydroxyl groups excluding tert-OH is 2. The minimum absolute atomic E-state index is 0. The molecule has 0 unspecified atom stereocenters. The monoisotopic (exact) mass is 769 g/mol. The molecule has 0 saturated carbocycles. The number of likely N-dealkylation sites (N-methyl/N-ethyl adjacent to an activating group) is 1. The highest BCUT2D eigenvalue weighted by molar-refractivity contribution is 5.84. The van der Waals surface area contributed by atoms with Gasteiger partial charge in [-0.15, -0.1) is 0 Å². The van der Waals surface area contributed by atoms with Crippen molar-refractivity contribution < 1.29 is 29.9 Å². The summed E-state index contributed by atoms with van der Waals surface area (Å²) < 4.78 is 11.4. The highest BCUT2D eigenvalue weighted by atomic mass is 16.7. The van der Waals surface area contributed by atoms with Gasteiger partial charge in [0, 0.05) is 35.3 Å². The van der Waals surface area contributed by atoms with Gasteiger partial charge in [-0.25, -0.2) is 0 Å². The number of nitrogens with one attached hydrogen (secondary N) is 1. The van der Waals surface area contributed by atoms with Gasteiger partial charge in [0.15, 0.2) is 11.5 Å². The molecular formula is C47H80N2O6. The van der Waals surface area contributed by atoms with Crippen LogP contribution in [-0.2, 0) is 38.9 Å². The molecule has 314 valence electrons. The van der Waals surface area contributed by atoms with E-state index >= 15 is 0 Å². The van der Waals surface area contributed by atoms with Crippen LogP contribution in [0.25, 0.3) is 22.3 Å². The third-order valence-electron chi connectivity index (χ3n) is 10.1. The maximum atomic E-state index is 10.4. The molecule has 3 heterocycles. The first-order valence-corrected chi connectivity index (χ1v) is 15.4. The van der Waals surface area contributed by atoms with Crippen molar-refractivity contribution in [2.24, 2.45) is 0 Å². The van der Waals surface area contributed by atoms with Crippen LogP contribution in [0.4, 0.5) is 0 Å². The highest BCUT2D eigenvalue weighted by Gasteiger charge is 2.37. The smallest absolute Gasteiger partial charge is 0.231 e. The largest absolute Gasteiger partial charge is 0.508 e. The summed E-state index contributed by atoms with van der Waals surface area (Å²) in [5, 5.41) is 43.5. The van der Waals surface area contributed by atoms with E-state index in [1.165, 1.54) is 27.8 Å². The maximum Gasteiger partial charge on any atom is 0.231 e. The molecule has 0 fully saturated rings. The second-order valence-corrected chi connectivity index (χ2v) is 12.4. The van der Waals surface area contributed by atoms with Gasteiger partial charge >= 0.3 is 0 Å². The van der Waals surface area contributed by atoms with E-state index in [1.807, 2.05) is 0 Å². The van der Waals surface area contributed by atoms with E-state index in [2.05, 4.69) is 47.6 Å². The molecule has 2 atom stereocenters. The van der Waals surface area contributed by atoms with Crippen LogP contribution >= 0.6 is 0 Å². The van der Waals surface area contributed by atoms with Gasteiger partial charge in [-0.3, -0.25) is 4.90 Å². The van der Waals surface area contributed by atoms with Gasteiger partial charge in [-0.05, 0) is 114 Å². The summed E-state index contributed by atoms with van der Waals surface area (Å²) in [5.74, 6) is 2.05. The van der Waals surface area contributed by atoms with Crippen molar-refractivity contribution in [3.05, 3.63) is 93.0 Å². The van der Waals surface area contributed by atoms with Crippen molar-refractivity contribution in [3.63, 3.8) is 0 Å². The Kier molecular flexibility index (Phi) is 23.5. The molecule has 3 aliphatic heterocycles.